The fourth-order valence-electron chi connectivity index (χ4n) is 1.50. The zero-order valence-corrected chi connectivity index (χ0v) is 13.5. The number of nitrogens with zero attached hydrogens (tertiary/aromatic N) is 2. The van der Waals surface area contributed by atoms with Gasteiger partial charge in [0.05, 0.1) is 6.10 Å². The Labute approximate surface area is 120 Å². The predicted molar refractivity (Wildman–Crippen MR) is 82.0 cm³/mol. The summed E-state index contributed by atoms with van der Waals surface area (Å²) >= 11 is 1.61. The van der Waals surface area contributed by atoms with Gasteiger partial charge in [0.1, 0.15) is 16.7 Å². The molecule has 0 radical (unpaired) electrons. The highest BCUT2D eigenvalue weighted by molar-refractivity contribution is 7.99. The highest BCUT2D eigenvalue weighted by Gasteiger charge is 2.17. The number of hydrogen-bond acceptors (Lipinski definition) is 5. The van der Waals surface area contributed by atoms with Gasteiger partial charge in [-0.2, -0.15) is 0 Å². The van der Waals surface area contributed by atoms with Gasteiger partial charge in [-0.05, 0) is 20.8 Å². The molecule has 0 aliphatic rings. The Balaban J connectivity index is 3.13. The van der Waals surface area contributed by atoms with Crippen molar-refractivity contribution in [3.05, 3.63) is 11.4 Å². The van der Waals surface area contributed by atoms with Gasteiger partial charge in [-0.25, -0.2) is 9.97 Å². The van der Waals surface area contributed by atoms with Gasteiger partial charge in [0.2, 0.25) is 0 Å². The molecule has 0 saturated heterocycles. The number of rotatable bonds is 6. The monoisotopic (exact) mass is 283 g/mol. The minimum Gasteiger partial charge on any atom is -0.392 e. The van der Waals surface area contributed by atoms with E-state index in [1.165, 1.54) is 0 Å². The van der Waals surface area contributed by atoms with Crippen LogP contribution in [-0.4, -0.2) is 33.0 Å². The van der Waals surface area contributed by atoms with E-state index >= 15 is 0 Å². The zero-order valence-electron chi connectivity index (χ0n) is 12.7. The number of thioether (sulfide) groups is 1. The first-order chi connectivity index (χ1) is 8.86. The summed E-state index contributed by atoms with van der Waals surface area (Å²) in [5.41, 5.74) is 1.06. The third kappa shape index (κ3) is 4.35. The van der Waals surface area contributed by atoms with Crippen molar-refractivity contribution in [1.29, 1.82) is 0 Å². The second-order valence-corrected chi connectivity index (χ2v) is 6.48. The van der Waals surface area contributed by atoms with Crippen LogP contribution in [0.3, 0.4) is 0 Å². The summed E-state index contributed by atoms with van der Waals surface area (Å²) in [4.78, 5) is 9.21. The zero-order chi connectivity index (χ0) is 14.6. The quantitative estimate of drug-likeness (QED) is 0.620. The Morgan fingerprint density at radius 1 is 1.21 bits per heavy atom. The summed E-state index contributed by atoms with van der Waals surface area (Å²) in [7, 11) is 0. The van der Waals surface area contributed by atoms with Gasteiger partial charge in [0, 0.05) is 23.3 Å². The first kappa shape index (κ1) is 16.2. The molecule has 5 heteroatoms. The van der Waals surface area contributed by atoms with Gasteiger partial charge in [-0.1, -0.05) is 20.8 Å². The SMILES string of the molecule is CCNc1nc(C(C)C)nc(SC(C)C(C)O)c1C. The van der Waals surface area contributed by atoms with Crippen LogP contribution in [-0.2, 0) is 0 Å². The molecular weight excluding hydrogens is 258 g/mol. The summed E-state index contributed by atoms with van der Waals surface area (Å²) in [5, 5.41) is 14.0. The second kappa shape index (κ2) is 7.10. The van der Waals surface area contributed by atoms with Gasteiger partial charge in [-0.15, -0.1) is 11.8 Å². The molecule has 0 aliphatic heterocycles. The van der Waals surface area contributed by atoms with Crippen molar-refractivity contribution >= 4 is 17.6 Å². The van der Waals surface area contributed by atoms with E-state index in [-0.39, 0.29) is 11.4 Å². The minimum absolute atomic E-state index is 0.114. The molecule has 0 bridgehead atoms. The number of anilines is 1. The molecule has 1 rings (SSSR count). The molecule has 4 nitrogen and oxygen atoms in total. The number of aliphatic hydroxyl groups is 1. The normalized spacial score (nSPS) is 14.5. The van der Waals surface area contributed by atoms with E-state index in [9.17, 15) is 5.11 Å². The molecule has 19 heavy (non-hydrogen) atoms. The topological polar surface area (TPSA) is 58.0 Å². The Bertz CT molecular complexity index is 421. The van der Waals surface area contributed by atoms with Crippen LogP contribution in [0.1, 0.15) is 51.9 Å². The molecule has 2 unspecified atom stereocenters. The molecule has 1 aromatic heterocycles. The number of aliphatic hydroxyl groups excluding tert-OH is 1. The first-order valence-electron chi connectivity index (χ1n) is 6.83. The van der Waals surface area contributed by atoms with Crippen molar-refractivity contribution in [1.82, 2.24) is 9.97 Å². The molecule has 0 saturated carbocycles. The molecule has 0 spiro atoms. The van der Waals surface area contributed by atoms with Gasteiger partial charge in [-0.3, -0.25) is 0 Å². The number of aromatic nitrogens is 2. The Kier molecular flexibility index (Phi) is 6.07. The maximum atomic E-state index is 9.64. The summed E-state index contributed by atoms with van der Waals surface area (Å²) < 4.78 is 0. The lowest BCUT2D eigenvalue weighted by molar-refractivity contribution is 0.196. The number of nitrogens with one attached hydrogen (secondary N) is 1. The summed E-state index contributed by atoms with van der Waals surface area (Å²) in [6, 6.07) is 0. The fraction of sp³-hybridized carbons (Fsp3) is 0.714. The molecule has 2 atom stereocenters. The predicted octanol–water partition coefficient (Wildman–Crippen LogP) is 3.20. The van der Waals surface area contributed by atoms with E-state index in [0.717, 1.165) is 28.8 Å². The van der Waals surface area contributed by atoms with Crippen LogP contribution in [0.25, 0.3) is 0 Å². The molecule has 1 heterocycles. The van der Waals surface area contributed by atoms with E-state index in [2.05, 4.69) is 36.1 Å². The molecule has 0 aliphatic carbocycles. The van der Waals surface area contributed by atoms with Crippen molar-refractivity contribution < 1.29 is 5.11 Å². The van der Waals surface area contributed by atoms with Crippen LogP contribution in [0.2, 0.25) is 0 Å². The van der Waals surface area contributed by atoms with Crippen molar-refractivity contribution in [3.63, 3.8) is 0 Å². The smallest absolute Gasteiger partial charge is 0.134 e. The van der Waals surface area contributed by atoms with E-state index in [1.54, 1.807) is 11.8 Å². The van der Waals surface area contributed by atoms with Crippen molar-refractivity contribution in [2.45, 2.75) is 63.8 Å². The van der Waals surface area contributed by atoms with E-state index < -0.39 is 0 Å². The highest BCUT2D eigenvalue weighted by Crippen LogP contribution is 2.30. The average molecular weight is 283 g/mol. The van der Waals surface area contributed by atoms with E-state index in [1.807, 2.05) is 20.8 Å². The third-order valence-corrected chi connectivity index (χ3v) is 4.34. The van der Waals surface area contributed by atoms with Gasteiger partial charge in [0.15, 0.2) is 0 Å². The molecule has 1 aromatic rings. The van der Waals surface area contributed by atoms with Crippen LogP contribution in [0, 0.1) is 6.92 Å². The average Bonchev–Trinajstić information content (AvgIpc) is 2.33. The molecular formula is C14H25N3OS. The summed E-state index contributed by atoms with van der Waals surface area (Å²) in [5.74, 6) is 2.04. The second-order valence-electron chi connectivity index (χ2n) is 5.11. The van der Waals surface area contributed by atoms with Crippen molar-refractivity contribution in [2.75, 3.05) is 11.9 Å². The summed E-state index contributed by atoms with van der Waals surface area (Å²) in [6.07, 6.45) is -0.357. The number of hydrogen-bond donors (Lipinski definition) is 2. The molecule has 108 valence electrons. The molecule has 0 amide bonds. The first-order valence-corrected chi connectivity index (χ1v) is 7.71. The third-order valence-electron chi connectivity index (χ3n) is 2.96. The fourth-order valence-corrected chi connectivity index (χ4v) is 2.47. The maximum absolute atomic E-state index is 9.64. The van der Waals surface area contributed by atoms with E-state index in [0.29, 0.717) is 5.92 Å². The minimum atomic E-state index is -0.357. The lowest BCUT2D eigenvalue weighted by Crippen LogP contribution is -2.16. The molecule has 0 aromatic carbocycles. The van der Waals surface area contributed by atoms with E-state index in [4.69, 9.17) is 0 Å². The Morgan fingerprint density at radius 3 is 2.32 bits per heavy atom. The maximum Gasteiger partial charge on any atom is 0.134 e. The van der Waals surface area contributed by atoms with Gasteiger partial charge in [0.25, 0.3) is 0 Å². The van der Waals surface area contributed by atoms with Crippen LogP contribution in [0.5, 0.6) is 0 Å². The van der Waals surface area contributed by atoms with Crippen LogP contribution in [0.15, 0.2) is 5.03 Å². The van der Waals surface area contributed by atoms with Crippen molar-refractivity contribution in [2.24, 2.45) is 0 Å². The van der Waals surface area contributed by atoms with Gasteiger partial charge >= 0.3 is 0 Å². The highest BCUT2D eigenvalue weighted by atomic mass is 32.2. The summed E-state index contributed by atoms with van der Waals surface area (Å²) in [6.45, 7) is 12.9. The molecule has 2 N–H and O–H groups in total. The van der Waals surface area contributed by atoms with Crippen LogP contribution in [0.4, 0.5) is 5.82 Å². The Morgan fingerprint density at radius 2 is 1.84 bits per heavy atom. The van der Waals surface area contributed by atoms with Gasteiger partial charge < -0.3 is 10.4 Å². The lowest BCUT2D eigenvalue weighted by Gasteiger charge is -2.18. The lowest BCUT2D eigenvalue weighted by atomic mass is 10.2. The van der Waals surface area contributed by atoms with Crippen LogP contribution < -0.4 is 5.32 Å². The van der Waals surface area contributed by atoms with Crippen LogP contribution >= 0.6 is 11.8 Å². The Hall–Kier alpha value is -0.810. The van der Waals surface area contributed by atoms with Crippen molar-refractivity contribution in [3.8, 4) is 0 Å². The molecule has 0 fully saturated rings. The standard InChI is InChI=1S/C14H25N3OS/c1-7-15-13-9(4)14(19-11(6)10(5)18)17-12(16-13)8(2)3/h8,10-11,18H,7H2,1-6H3,(H,15,16,17). The largest absolute Gasteiger partial charge is 0.392 e.